The topological polar surface area (TPSA) is 62.2 Å². The molecule has 1 heterocycles. The van der Waals surface area contributed by atoms with Crippen LogP contribution < -0.4 is 9.47 Å². The summed E-state index contributed by atoms with van der Waals surface area (Å²) in [6.07, 6.45) is -1.55. The van der Waals surface area contributed by atoms with Crippen molar-refractivity contribution in [3.8, 4) is 11.5 Å². The molecular weight excluding hydrogens is 246 g/mol. The lowest BCUT2D eigenvalue weighted by atomic mass is 10.0. The molecule has 4 atom stereocenters. The molecule has 1 saturated heterocycles. The second kappa shape index (κ2) is 5.36. The van der Waals surface area contributed by atoms with Crippen LogP contribution in [0, 0.1) is 0 Å². The predicted molar refractivity (Wildman–Crippen MR) is 71.5 cm³/mol. The maximum atomic E-state index is 10.2. The zero-order chi connectivity index (χ0) is 14.2. The number of aliphatic hydroxyl groups excluding tert-OH is 2. The SMILES string of the molecule is COc1ccc([C@H]2[C@@H](O)[C@@H](O)[C@@H](C)N2C)cc1OC. The van der Waals surface area contributed by atoms with Gasteiger partial charge in [0.15, 0.2) is 11.5 Å². The molecule has 0 amide bonds. The van der Waals surface area contributed by atoms with Crippen LogP contribution in [0.4, 0.5) is 0 Å². The highest BCUT2D eigenvalue weighted by molar-refractivity contribution is 5.44. The second-order valence-corrected chi connectivity index (χ2v) is 4.95. The molecule has 0 radical (unpaired) electrons. The second-order valence-electron chi connectivity index (χ2n) is 4.95. The Balaban J connectivity index is 2.37. The lowest BCUT2D eigenvalue weighted by molar-refractivity contribution is 0.0300. The van der Waals surface area contributed by atoms with E-state index in [9.17, 15) is 10.2 Å². The molecule has 5 nitrogen and oxygen atoms in total. The first-order chi connectivity index (χ1) is 9.01. The fourth-order valence-electron chi connectivity index (χ4n) is 2.68. The van der Waals surface area contributed by atoms with E-state index in [1.807, 2.05) is 37.1 Å². The van der Waals surface area contributed by atoms with Gasteiger partial charge in [0.2, 0.25) is 0 Å². The first-order valence-corrected chi connectivity index (χ1v) is 6.31. The molecule has 106 valence electrons. The van der Waals surface area contributed by atoms with Gasteiger partial charge < -0.3 is 19.7 Å². The van der Waals surface area contributed by atoms with E-state index in [4.69, 9.17) is 9.47 Å². The summed E-state index contributed by atoms with van der Waals surface area (Å²) in [6, 6.07) is 5.20. The average molecular weight is 267 g/mol. The molecule has 0 aliphatic carbocycles. The van der Waals surface area contributed by atoms with E-state index in [2.05, 4.69) is 0 Å². The van der Waals surface area contributed by atoms with Gasteiger partial charge in [0.25, 0.3) is 0 Å². The van der Waals surface area contributed by atoms with Crippen molar-refractivity contribution in [3.05, 3.63) is 23.8 Å². The van der Waals surface area contributed by atoms with Gasteiger partial charge in [-0.2, -0.15) is 0 Å². The normalized spacial score (nSPS) is 31.5. The summed E-state index contributed by atoms with van der Waals surface area (Å²) >= 11 is 0. The summed E-state index contributed by atoms with van der Waals surface area (Å²) in [7, 11) is 5.05. The molecule has 0 saturated carbocycles. The predicted octanol–water partition coefficient (Wildman–Crippen LogP) is 0.801. The third kappa shape index (κ3) is 2.29. The lowest BCUT2D eigenvalue weighted by Gasteiger charge is -2.25. The molecule has 5 heteroatoms. The number of aliphatic hydroxyl groups is 2. The maximum absolute atomic E-state index is 10.2. The molecule has 19 heavy (non-hydrogen) atoms. The zero-order valence-electron chi connectivity index (χ0n) is 11.7. The van der Waals surface area contributed by atoms with E-state index in [0.717, 1.165) is 5.56 Å². The van der Waals surface area contributed by atoms with Crippen molar-refractivity contribution in [1.82, 2.24) is 4.90 Å². The van der Waals surface area contributed by atoms with E-state index in [-0.39, 0.29) is 12.1 Å². The number of ether oxygens (including phenoxy) is 2. The summed E-state index contributed by atoms with van der Waals surface area (Å²) in [6.45, 7) is 1.90. The molecule has 0 unspecified atom stereocenters. The van der Waals surface area contributed by atoms with Gasteiger partial charge in [0.1, 0.15) is 6.10 Å². The molecule has 2 rings (SSSR count). The van der Waals surface area contributed by atoms with Crippen LogP contribution in [-0.4, -0.2) is 54.6 Å². The highest BCUT2D eigenvalue weighted by Gasteiger charge is 2.44. The zero-order valence-corrected chi connectivity index (χ0v) is 11.7. The van der Waals surface area contributed by atoms with E-state index < -0.39 is 12.2 Å². The third-order valence-electron chi connectivity index (χ3n) is 4.00. The van der Waals surface area contributed by atoms with Crippen LogP contribution in [0.15, 0.2) is 18.2 Å². The molecule has 0 aromatic heterocycles. The minimum absolute atomic E-state index is 0.0897. The highest BCUT2D eigenvalue weighted by Crippen LogP contribution is 2.38. The molecule has 0 spiro atoms. The Kier molecular flexibility index (Phi) is 3.99. The lowest BCUT2D eigenvalue weighted by Crippen LogP contribution is -2.30. The van der Waals surface area contributed by atoms with Crippen LogP contribution in [0.5, 0.6) is 11.5 Å². The molecular formula is C14H21NO4. The standard InChI is InChI=1S/C14H21NO4/c1-8-13(16)14(17)12(15(8)2)9-5-6-10(18-3)11(7-9)19-4/h5-8,12-14,16-17H,1-4H3/t8-,12+,13+,14-/m1/s1. The molecule has 1 fully saturated rings. The first-order valence-electron chi connectivity index (χ1n) is 6.31. The Morgan fingerprint density at radius 2 is 1.68 bits per heavy atom. The Hall–Kier alpha value is -1.30. The van der Waals surface area contributed by atoms with Crippen molar-refractivity contribution in [3.63, 3.8) is 0 Å². The van der Waals surface area contributed by atoms with Crippen LogP contribution in [0.25, 0.3) is 0 Å². The molecule has 1 aromatic rings. The van der Waals surface area contributed by atoms with Gasteiger partial charge >= 0.3 is 0 Å². The van der Waals surface area contributed by atoms with Crippen molar-refractivity contribution in [2.75, 3.05) is 21.3 Å². The highest BCUT2D eigenvalue weighted by atomic mass is 16.5. The number of likely N-dealkylation sites (tertiary alicyclic amines) is 1. The van der Waals surface area contributed by atoms with Gasteiger partial charge in [-0.3, -0.25) is 4.90 Å². The molecule has 1 aliphatic heterocycles. The van der Waals surface area contributed by atoms with Gasteiger partial charge in [-0.25, -0.2) is 0 Å². The van der Waals surface area contributed by atoms with Gasteiger partial charge in [-0.15, -0.1) is 0 Å². The minimum atomic E-state index is -0.807. The fraction of sp³-hybridized carbons (Fsp3) is 0.571. The van der Waals surface area contributed by atoms with E-state index in [0.29, 0.717) is 11.5 Å². The Morgan fingerprint density at radius 3 is 2.16 bits per heavy atom. The van der Waals surface area contributed by atoms with Gasteiger partial charge in [0, 0.05) is 6.04 Å². The van der Waals surface area contributed by atoms with Crippen molar-refractivity contribution in [2.24, 2.45) is 0 Å². The van der Waals surface area contributed by atoms with E-state index >= 15 is 0 Å². The summed E-state index contributed by atoms with van der Waals surface area (Å²) in [5.41, 5.74) is 0.899. The first kappa shape index (κ1) is 14.1. The molecule has 1 aliphatic rings. The number of hydrogen-bond acceptors (Lipinski definition) is 5. The number of methoxy groups -OCH3 is 2. The van der Waals surface area contributed by atoms with Crippen molar-refractivity contribution >= 4 is 0 Å². The Labute approximate surface area is 113 Å². The van der Waals surface area contributed by atoms with E-state index in [1.54, 1.807) is 14.2 Å². The number of likely N-dealkylation sites (N-methyl/N-ethyl adjacent to an activating group) is 1. The van der Waals surface area contributed by atoms with Crippen LogP contribution in [0.2, 0.25) is 0 Å². The molecule has 0 bridgehead atoms. The smallest absolute Gasteiger partial charge is 0.161 e. The van der Waals surface area contributed by atoms with Crippen molar-refractivity contribution < 1.29 is 19.7 Å². The van der Waals surface area contributed by atoms with Gasteiger partial charge in [0.05, 0.1) is 26.4 Å². The average Bonchev–Trinajstić information content (AvgIpc) is 2.62. The van der Waals surface area contributed by atoms with Crippen LogP contribution >= 0.6 is 0 Å². The third-order valence-corrected chi connectivity index (χ3v) is 4.00. The summed E-state index contributed by atoms with van der Waals surface area (Å²) in [4.78, 5) is 1.97. The molecule has 2 N–H and O–H groups in total. The maximum Gasteiger partial charge on any atom is 0.161 e. The monoisotopic (exact) mass is 267 g/mol. The number of nitrogens with zero attached hydrogens (tertiary/aromatic N) is 1. The van der Waals surface area contributed by atoms with E-state index in [1.165, 1.54) is 0 Å². The van der Waals surface area contributed by atoms with Crippen LogP contribution in [0.1, 0.15) is 18.5 Å². The Morgan fingerprint density at radius 1 is 1.05 bits per heavy atom. The van der Waals surface area contributed by atoms with Gasteiger partial charge in [-0.1, -0.05) is 6.07 Å². The minimum Gasteiger partial charge on any atom is -0.493 e. The number of hydrogen-bond donors (Lipinski definition) is 2. The molecule has 1 aromatic carbocycles. The quantitative estimate of drug-likeness (QED) is 0.848. The van der Waals surface area contributed by atoms with Crippen molar-refractivity contribution in [2.45, 2.75) is 31.2 Å². The summed E-state index contributed by atoms with van der Waals surface area (Å²) in [5.74, 6) is 1.27. The number of benzene rings is 1. The van der Waals surface area contributed by atoms with Gasteiger partial charge in [-0.05, 0) is 31.7 Å². The number of rotatable bonds is 3. The van der Waals surface area contributed by atoms with Crippen LogP contribution in [-0.2, 0) is 0 Å². The summed E-state index contributed by atoms with van der Waals surface area (Å²) < 4.78 is 10.5. The summed E-state index contributed by atoms with van der Waals surface area (Å²) in [5, 5.41) is 20.1. The Bertz CT molecular complexity index is 437. The largest absolute Gasteiger partial charge is 0.493 e. The van der Waals surface area contributed by atoms with Crippen LogP contribution in [0.3, 0.4) is 0 Å². The fourth-order valence-corrected chi connectivity index (χ4v) is 2.68. The van der Waals surface area contributed by atoms with Crippen molar-refractivity contribution in [1.29, 1.82) is 0 Å².